The summed E-state index contributed by atoms with van der Waals surface area (Å²) in [5.74, 6) is 1.28. The lowest BCUT2D eigenvalue weighted by molar-refractivity contribution is 0.0736. The quantitative estimate of drug-likeness (QED) is 0.612. The van der Waals surface area contributed by atoms with E-state index in [9.17, 15) is 4.79 Å². The first-order valence-corrected chi connectivity index (χ1v) is 10.3. The van der Waals surface area contributed by atoms with E-state index in [1.807, 2.05) is 29.2 Å². The van der Waals surface area contributed by atoms with Gasteiger partial charge < -0.3 is 14.4 Å². The lowest BCUT2D eigenvalue weighted by Crippen LogP contribution is -2.36. The van der Waals surface area contributed by atoms with E-state index in [1.54, 1.807) is 13.2 Å². The summed E-state index contributed by atoms with van der Waals surface area (Å²) in [5.41, 5.74) is 1.90. The van der Waals surface area contributed by atoms with Gasteiger partial charge in [-0.25, -0.2) is 0 Å². The Balaban J connectivity index is 1.80. The summed E-state index contributed by atoms with van der Waals surface area (Å²) in [6.45, 7) is 3.45. The fourth-order valence-corrected chi connectivity index (χ4v) is 4.11. The van der Waals surface area contributed by atoms with Gasteiger partial charge in [-0.2, -0.15) is 0 Å². The second-order valence-electron chi connectivity index (χ2n) is 6.82. The number of amides is 1. The van der Waals surface area contributed by atoms with Gasteiger partial charge in [-0.15, -0.1) is 0 Å². The van der Waals surface area contributed by atoms with Crippen LogP contribution in [0.15, 0.2) is 46.9 Å². The fourth-order valence-electron chi connectivity index (χ4n) is 3.55. The van der Waals surface area contributed by atoms with Crippen molar-refractivity contribution in [3.8, 4) is 11.5 Å². The summed E-state index contributed by atoms with van der Waals surface area (Å²) in [4.78, 5) is 15.2. The standard InChI is InChI=1S/C22H26BrNO3/c1-3-12-27-21-19(23)14-17(15-20(21)26-2)22(25)24-11-7-10-18(24)13-16-8-5-4-6-9-16/h4-6,8-9,14-15,18H,3,7,10-13H2,1-2H3. The molecule has 1 amide bonds. The Bertz CT molecular complexity index is 779. The molecule has 0 aliphatic carbocycles. The van der Waals surface area contributed by atoms with Crippen molar-refractivity contribution in [2.75, 3.05) is 20.3 Å². The van der Waals surface area contributed by atoms with Crippen molar-refractivity contribution in [1.29, 1.82) is 0 Å². The van der Waals surface area contributed by atoms with Crippen LogP contribution in [0.25, 0.3) is 0 Å². The Kier molecular flexibility index (Phi) is 6.78. The zero-order valence-corrected chi connectivity index (χ0v) is 17.5. The topological polar surface area (TPSA) is 38.8 Å². The number of carbonyl (C=O) groups is 1. The number of benzene rings is 2. The summed E-state index contributed by atoms with van der Waals surface area (Å²) in [5, 5.41) is 0. The van der Waals surface area contributed by atoms with Gasteiger partial charge in [0.2, 0.25) is 0 Å². The molecule has 1 heterocycles. The number of methoxy groups -OCH3 is 1. The van der Waals surface area contributed by atoms with E-state index in [2.05, 4.69) is 35.0 Å². The molecule has 1 unspecified atom stereocenters. The number of carbonyl (C=O) groups excluding carboxylic acids is 1. The van der Waals surface area contributed by atoms with Gasteiger partial charge >= 0.3 is 0 Å². The van der Waals surface area contributed by atoms with Gasteiger partial charge in [0.05, 0.1) is 18.2 Å². The molecule has 1 fully saturated rings. The van der Waals surface area contributed by atoms with Crippen molar-refractivity contribution in [3.05, 3.63) is 58.1 Å². The lowest BCUT2D eigenvalue weighted by atomic mass is 10.0. The summed E-state index contributed by atoms with van der Waals surface area (Å²) in [6.07, 6.45) is 3.88. The average molecular weight is 432 g/mol. The first-order valence-electron chi connectivity index (χ1n) is 9.49. The van der Waals surface area contributed by atoms with E-state index in [0.29, 0.717) is 23.7 Å². The van der Waals surface area contributed by atoms with Gasteiger partial charge in [-0.05, 0) is 59.3 Å². The second-order valence-corrected chi connectivity index (χ2v) is 7.68. The summed E-state index contributed by atoms with van der Waals surface area (Å²) in [6, 6.07) is 14.2. The Hall–Kier alpha value is -2.01. The van der Waals surface area contributed by atoms with E-state index in [4.69, 9.17) is 9.47 Å². The zero-order valence-electron chi connectivity index (χ0n) is 15.9. The number of rotatable bonds is 7. The Morgan fingerprint density at radius 2 is 2.04 bits per heavy atom. The Morgan fingerprint density at radius 1 is 1.26 bits per heavy atom. The molecule has 1 aliphatic heterocycles. The zero-order chi connectivity index (χ0) is 19.2. The van der Waals surface area contributed by atoms with Crippen LogP contribution in [-0.4, -0.2) is 37.1 Å². The van der Waals surface area contributed by atoms with Gasteiger partial charge in [0, 0.05) is 18.2 Å². The van der Waals surface area contributed by atoms with Gasteiger partial charge in [0.15, 0.2) is 11.5 Å². The molecule has 2 aromatic carbocycles. The number of halogens is 1. The minimum atomic E-state index is 0.0504. The Labute approximate surface area is 169 Å². The number of likely N-dealkylation sites (tertiary alicyclic amines) is 1. The molecule has 1 aliphatic rings. The molecule has 0 aromatic heterocycles. The van der Waals surface area contributed by atoms with E-state index in [-0.39, 0.29) is 11.9 Å². The van der Waals surface area contributed by atoms with Crippen LogP contribution in [0.3, 0.4) is 0 Å². The molecular formula is C22H26BrNO3. The molecule has 2 aromatic rings. The van der Waals surface area contributed by atoms with E-state index in [0.717, 1.165) is 36.7 Å². The maximum atomic E-state index is 13.2. The number of hydrogen-bond donors (Lipinski definition) is 0. The molecule has 1 atom stereocenters. The molecule has 0 N–H and O–H groups in total. The highest BCUT2D eigenvalue weighted by atomic mass is 79.9. The van der Waals surface area contributed by atoms with Crippen LogP contribution in [0.5, 0.6) is 11.5 Å². The molecule has 27 heavy (non-hydrogen) atoms. The van der Waals surface area contributed by atoms with Crippen molar-refractivity contribution in [1.82, 2.24) is 4.90 Å². The van der Waals surface area contributed by atoms with Crippen LogP contribution >= 0.6 is 15.9 Å². The van der Waals surface area contributed by atoms with Crippen molar-refractivity contribution in [3.63, 3.8) is 0 Å². The Morgan fingerprint density at radius 3 is 2.74 bits per heavy atom. The molecule has 0 radical (unpaired) electrons. The third kappa shape index (κ3) is 4.64. The van der Waals surface area contributed by atoms with Crippen molar-refractivity contribution < 1.29 is 14.3 Å². The van der Waals surface area contributed by atoms with Crippen LogP contribution in [-0.2, 0) is 6.42 Å². The van der Waals surface area contributed by atoms with Crippen LogP contribution in [0.1, 0.15) is 42.1 Å². The summed E-state index contributed by atoms with van der Waals surface area (Å²) < 4.78 is 12.0. The van der Waals surface area contributed by atoms with Gasteiger partial charge in [0.1, 0.15) is 0 Å². The minimum absolute atomic E-state index is 0.0504. The highest BCUT2D eigenvalue weighted by Crippen LogP contribution is 2.37. The molecule has 0 bridgehead atoms. The van der Waals surface area contributed by atoms with E-state index < -0.39 is 0 Å². The first kappa shape index (κ1) is 19.7. The predicted molar refractivity (Wildman–Crippen MR) is 111 cm³/mol. The normalized spacial score (nSPS) is 16.4. The SMILES string of the molecule is CCCOc1c(Br)cc(C(=O)N2CCCC2Cc2ccccc2)cc1OC. The molecule has 3 rings (SSSR count). The van der Waals surface area contributed by atoms with Crippen LogP contribution < -0.4 is 9.47 Å². The maximum absolute atomic E-state index is 13.2. The molecule has 5 heteroatoms. The summed E-state index contributed by atoms with van der Waals surface area (Å²) in [7, 11) is 1.60. The second kappa shape index (κ2) is 9.27. The van der Waals surface area contributed by atoms with Gasteiger partial charge in [-0.3, -0.25) is 4.79 Å². The smallest absolute Gasteiger partial charge is 0.254 e. The highest BCUT2D eigenvalue weighted by molar-refractivity contribution is 9.10. The number of hydrogen-bond acceptors (Lipinski definition) is 3. The lowest BCUT2D eigenvalue weighted by Gasteiger charge is -2.25. The van der Waals surface area contributed by atoms with E-state index >= 15 is 0 Å². The number of ether oxygens (including phenoxy) is 2. The number of nitrogens with zero attached hydrogens (tertiary/aromatic N) is 1. The molecule has 1 saturated heterocycles. The van der Waals surface area contributed by atoms with Gasteiger partial charge in [0.25, 0.3) is 5.91 Å². The van der Waals surface area contributed by atoms with E-state index in [1.165, 1.54) is 5.56 Å². The summed E-state index contributed by atoms with van der Waals surface area (Å²) >= 11 is 3.54. The molecular weight excluding hydrogens is 406 g/mol. The van der Waals surface area contributed by atoms with Crippen LogP contribution in [0.2, 0.25) is 0 Å². The van der Waals surface area contributed by atoms with Crippen molar-refractivity contribution in [2.24, 2.45) is 0 Å². The third-order valence-electron chi connectivity index (χ3n) is 4.88. The largest absolute Gasteiger partial charge is 0.493 e. The fraction of sp³-hybridized carbons (Fsp3) is 0.409. The maximum Gasteiger partial charge on any atom is 0.254 e. The monoisotopic (exact) mass is 431 g/mol. The molecule has 4 nitrogen and oxygen atoms in total. The van der Waals surface area contributed by atoms with Gasteiger partial charge in [-0.1, -0.05) is 37.3 Å². The average Bonchev–Trinajstić information content (AvgIpc) is 3.14. The highest BCUT2D eigenvalue weighted by Gasteiger charge is 2.30. The van der Waals surface area contributed by atoms with Crippen LogP contribution in [0, 0.1) is 0 Å². The minimum Gasteiger partial charge on any atom is -0.493 e. The van der Waals surface area contributed by atoms with Crippen LogP contribution in [0.4, 0.5) is 0 Å². The predicted octanol–water partition coefficient (Wildman–Crippen LogP) is 5.09. The first-order chi connectivity index (χ1) is 13.1. The molecule has 0 saturated carbocycles. The molecule has 144 valence electrons. The van der Waals surface area contributed by atoms with Crippen molar-refractivity contribution in [2.45, 2.75) is 38.6 Å². The molecule has 0 spiro atoms. The van der Waals surface area contributed by atoms with Crippen molar-refractivity contribution >= 4 is 21.8 Å². The third-order valence-corrected chi connectivity index (χ3v) is 5.47.